The summed E-state index contributed by atoms with van der Waals surface area (Å²) in [6.07, 6.45) is 7.72. The highest BCUT2D eigenvalue weighted by Gasteiger charge is 2.16. The van der Waals surface area contributed by atoms with Gasteiger partial charge in [-0.2, -0.15) is 0 Å². The maximum absolute atomic E-state index is 10.9. The topological polar surface area (TPSA) is 46.5 Å². The summed E-state index contributed by atoms with van der Waals surface area (Å²) in [6, 6.07) is 13.1. The van der Waals surface area contributed by atoms with Gasteiger partial charge in [-0.1, -0.05) is 43.7 Å². The molecule has 1 aliphatic rings. The molecule has 0 heterocycles. The second-order valence-corrected chi connectivity index (χ2v) is 8.39. The molecular weight excluding hydrogens is 372 g/mol. The molecule has 0 unspecified atom stereocenters. The molecule has 0 saturated heterocycles. The van der Waals surface area contributed by atoms with Crippen LogP contribution in [-0.2, 0) is 17.6 Å². The predicted octanol–water partition coefficient (Wildman–Crippen LogP) is 6.68. The van der Waals surface area contributed by atoms with Gasteiger partial charge in [-0.25, -0.2) is 0 Å². The lowest BCUT2D eigenvalue weighted by atomic mass is 9.87. The highest BCUT2D eigenvalue weighted by Crippen LogP contribution is 2.34. The van der Waals surface area contributed by atoms with Crippen LogP contribution in [0.3, 0.4) is 0 Å². The molecular formula is C27H34O3. The molecule has 3 rings (SSSR count). The molecule has 0 bridgehead atoms. The van der Waals surface area contributed by atoms with E-state index in [0.717, 1.165) is 41.7 Å². The van der Waals surface area contributed by atoms with Crippen LogP contribution < -0.4 is 4.74 Å². The number of hydrogen-bond donors (Lipinski definition) is 1. The minimum Gasteiger partial charge on any atom is -0.489 e. The average molecular weight is 407 g/mol. The van der Waals surface area contributed by atoms with Gasteiger partial charge in [0.2, 0.25) is 0 Å². The molecule has 0 radical (unpaired) electrons. The van der Waals surface area contributed by atoms with E-state index < -0.39 is 5.97 Å². The summed E-state index contributed by atoms with van der Waals surface area (Å²) in [5.74, 6) is 0.147. The van der Waals surface area contributed by atoms with Gasteiger partial charge in [0.25, 0.3) is 0 Å². The molecule has 2 aromatic rings. The van der Waals surface area contributed by atoms with Crippen molar-refractivity contribution in [3.8, 4) is 5.75 Å². The van der Waals surface area contributed by atoms with Crippen LogP contribution in [0.2, 0.25) is 0 Å². The molecule has 0 aliphatic heterocycles. The second-order valence-electron chi connectivity index (χ2n) is 8.39. The van der Waals surface area contributed by atoms with E-state index in [-0.39, 0.29) is 6.42 Å². The Morgan fingerprint density at radius 3 is 2.40 bits per heavy atom. The molecule has 0 spiro atoms. The quantitative estimate of drug-likeness (QED) is 0.505. The van der Waals surface area contributed by atoms with Crippen molar-refractivity contribution in [2.75, 3.05) is 6.61 Å². The first kappa shape index (κ1) is 22.1. The van der Waals surface area contributed by atoms with Crippen LogP contribution in [0.1, 0.15) is 73.3 Å². The van der Waals surface area contributed by atoms with Crippen LogP contribution in [0, 0.1) is 13.8 Å². The van der Waals surface area contributed by atoms with Crippen LogP contribution in [0.25, 0.3) is 5.57 Å². The zero-order valence-electron chi connectivity index (χ0n) is 18.6. The second kappa shape index (κ2) is 10.5. The smallest absolute Gasteiger partial charge is 0.303 e. The zero-order chi connectivity index (χ0) is 21.5. The van der Waals surface area contributed by atoms with Crippen molar-refractivity contribution < 1.29 is 14.6 Å². The van der Waals surface area contributed by atoms with E-state index in [4.69, 9.17) is 9.84 Å². The minimum absolute atomic E-state index is 0.160. The SMILES string of the molecule is CCCc1ccc(C2=C(COc3ccc(CCC(=O)O)c(C)c3C)CCCC2)cc1. The van der Waals surface area contributed by atoms with Crippen molar-refractivity contribution >= 4 is 11.5 Å². The Balaban J connectivity index is 1.75. The fourth-order valence-corrected chi connectivity index (χ4v) is 4.32. The Hall–Kier alpha value is -2.55. The highest BCUT2D eigenvalue weighted by atomic mass is 16.5. The number of carboxylic acids is 1. The molecule has 0 aromatic heterocycles. The van der Waals surface area contributed by atoms with Crippen LogP contribution in [0.4, 0.5) is 0 Å². The molecule has 0 amide bonds. The zero-order valence-corrected chi connectivity index (χ0v) is 18.6. The monoisotopic (exact) mass is 406 g/mol. The van der Waals surface area contributed by atoms with E-state index in [2.05, 4.69) is 45.0 Å². The number of ether oxygens (including phenoxy) is 1. The molecule has 2 aromatic carbocycles. The Morgan fingerprint density at radius 1 is 0.967 bits per heavy atom. The van der Waals surface area contributed by atoms with Gasteiger partial charge in [0.1, 0.15) is 12.4 Å². The largest absolute Gasteiger partial charge is 0.489 e. The summed E-state index contributed by atoms with van der Waals surface area (Å²) < 4.78 is 6.28. The summed E-state index contributed by atoms with van der Waals surface area (Å²) in [4.78, 5) is 10.9. The molecule has 1 aliphatic carbocycles. The number of carbonyl (C=O) groups is 1. The van der Waals surface area contributed by atoms with Gasteiger partial charge in [0.05, 0.1) is 0 Å². The normalized spacial score (nSPS) is 14.1. The summed E-state index contributed by atoms with van der Waals surface area (Å²) in [7, 11) is 0. The Kier molecular flexibility index (Phi) is 7.73. The van der Waals surface area contributed by atoms with Gasteiger partial charge < -0.3 is 9.84 Å². The molecule has 1 N–H and O–H groups in total. The Labute approximate surface area is 180 Å². The number of rotatable bonds is 9. The van der Waals surface area contributed by atoms with E-state index >= 15 is 0 Å². The van der Waals surface area contributed by atoms with E-state index in [0.29, 0.717) is 13.0 Å². The summed E-state index contributed by atoms with van der Waals surface area (Å²) in [5.41, 5.74) is 8.95. The maximum atomic E-state index is 10.9. The molecule has 30 heavy (non-hydrogen) atoms. The van der Waals surface area contributed by atoms with Crippen LogP contribution in [0.5, 0.6) is 5.75 Å². The number of carboxylic acid groups (broad SMARTS) is 1. The minimum atomic E-state index is -0.758. The third-order valence-corrected chi connectivity index (χ3v) is 6.28. The van der Waals surface area contributed by atoms with E-state index in [1.54, 1.807) is 0 Å². The molecule has 0 atom stereocenters. The van der Waals surface area contributed by atoms with Gasteiger partial charge in [-0.15, -0.1) is 0 Å². The van der Waals surface area contributed by atoms with Gasteiger partial charge in [0, 0.05) is 6.42 Å². The molecule has 3 nitrogen and oxygen atoms in total. The number of aliphatic carboxylic acids is 1. The standard InChI is InChI=1S/C27H34O3/c1-4-7-21-10-12-23(13-11-21)25-9-6-5-8-24(25)18-30-26-16-14-22(15-17-27(28)29)19(2)20(26)3/h10-14,16H,4-9,15,17-18H2,1-3H3,(H,28,29). The number of hydrogen-bond acceptors (Lipinski definition) is 2. The summed E-state index contributed by atoms with van der Waals surface area (Å²) >= 11 is 0. The van der Waals surface area contributed by atoms with Gasteiger partial charge in [0.15, 0.2) is 0 Å². The summed E-state index contributed by atoms with van der Waals surface area (Å²) in [5, 5.41) is 8.95. The summed E-state index contributed by atoms with van der Waals surface area (Å²) in [6.45, 7) is 6.97. The van der Waals surface area contributed by atoms with Crippen molar-refractivity contribution in [2.45, 2.75) is 72.1 Å². The highest BCUT2D eigenvalue weighted by molar-refractivity contribution is 5.70. The number of allylic oxidation sites excluding steroid dienone is 1. The molecule has 0 fully saturated rings. The van der Waals surface area contributed by atoms with Gasteiger partial charge in [-0.3, -0.25) is 4.79 Å². The maximum Gasteiger partial charge on any atom is 0.303 e. The number of benzene rings is 2. The first-order valence-corrected chi connectivity index (χ1v) is 11.2. The van der Waals surface area contributed by atoms with Crippen molar-refractivity contribution in [3.05, 3.63) is 69.8 Å². The lowest BCUT2D eigenvalue weighted by Crippen LogP contribution is -2.09. The van der Waals surface area contributed by atoms with Crippen molar-refractivity contribution in [1.29, 1.82) is 0 Å². The Morgan fingerprint density at radius 2 is 1.70 bits per heavy atom. The predicted molar refractivity (Wildman–Crippen MR) is 123 cm³/mol. The number of aryl methyl sites for hydroxylation is 2. The van der Waals surface area contributed by atoms with Crippen LogP contribution in [0.15, 0.2) is 42.0 Å². The average Bonchev–Trinajstić information content (AvgIpc) is 2.75. The lowest BCUT2D eigenvalue weighted by Gasteiger charge is -2.22. The molecule has 0 saturated carbocycles. The Bertz CT molecular complexity index is 906. The van der Waals surface area contributed by atoms with Crippen molar-refractivity contribution in [3.63, 3.8) is 0 Å². The molecule has 3 heteroatoms. The molecule has 160 valence electrons. The van der Waals surface area contributed by atoms with E-state index in [9.17, 15) is 4.79 Å². The van der Waals surface area contributed by atoms with Gasteiger partial charge >= 0.3 is 5.97 Å². The fourth-order valence-electron chi connectivity index (χ4n) is 4.32. The van der Waals surface area contributed by atoms with Crippen molar-refractivity contribution in [1.82, 2.24) is 0 Å². The third kappa shape index (κ3) is 5.53. The van der Waals surface area contributed by atoms with Crippen LogP contribution >= 0.6 is 0 Å². The van der Waals surface area contributed by atoms with E-state index in [1.165, 1.54) is 41.5 Å². The first-order valence-electron chi connectivity index (χ1n) is 11.2. The van der Waals surface area contributed by atoms with Gasteiger partial charge in [-0.05, 0) is 97.4 Å². The van der Waals surface area contributed by atoms with E-state index in [1.807, 2.05) is 12.1 Å². The lowest BCUT2D eigenvalue weighted by molar-refractivity contribution is -0.136. The fraction of sp³-hybridized carbons (Fsp3) is 0.444. The van der Waals surface area contributed by atoms with Crippen molar-refractivity contribution in [2.24, 2.45) is 0 Å². The van der Waals surface area contributed by atoms with Crippen LogP contribution in [-0.4, -0.2) is 17.7 Å². The third-order valence-electron chi connectivity index (χ3n) is 6.28. The first-order chi connectivity index (χ1) is 14.5.